The Bertz CT molecular complexity index is 1100. The van der Waals surface area contributed by atoms with Crippen LogP contribution < -0.4 is 5.32 Å². The zero-order chi connectivity index (χ0) is 23.4. The summed E-state index contributed by atoms with van der Waals surface area (Å²) in [6.07, 6.45) is 0.517. The lowest BCUT2D eigenvalue weighted by Gasteiger charge is -2.12. The second kappa shape index (κ2) is 10.1. The van der Waals surface area contributed by atoms with Gasteiger partial charge < -0.3 is 14.8 Å². The molecular weight excluding hydrogens is 480 g/mol. The fourth-order valence-electron chi connectivity index (χ4n) is 3.31. The molecule has 2 aromatic rings. The van der Waals surface area contributed by atoms with Crippen LogP contribution in [0, 0.1) is 13.8 Å². The third-order valence-electron chi connectivity index (χ3n) is 5.27. The van der Waals surface area contributed by atoms with E-state index in [1.54, 1.807) is 13.2 Å². The minimum atomic E-state index is -0.759. The molecule has 32 heavy (non-hydrogen) atoms. The Morgan fingerprint density at radius 1 is 1.03 bits per heavy atom. The summed E-state index contributed by atoms with van der Waals surface area (Å²) in [4.78, 5) is 50.8. The van der Waals surface area contributed by atoms with Gasteiger partial charge in [0.15, 0.2) is 6.61 Å². The highest BCUT2D eigenvalue weighted by atomic mass is 79.9. The first-order valence-electron chi connectivity index (χ1n) is 9.96. The Balaban J connectivity index is 1.62. The number of carbonyl (C=O) groups excluding carboxylic acids is 4. The summed E-state index contributed by atoms with van der Waals surface area (Å²) in [6.45, 7) is 3.97. The second-order valence-electron chi connectivity index (χ2n) is 7.34. The first kappa shape index (κ1) is 23.6. The van der Waals surface area contributed by atoms with Crippen LogP contribution in [-0.2, 0) is 14.3 Å². The summed E-state index contributed by atoms with van der Waals surface area (Å²) in [7, 11) is 1.54. The van der Waals surface area contributed by atoms with Crippen molar-refractivity contribution in [2.45, 2.75) is 20.3 Å². The highest BCUT2D eigenvalue weighted by Gasteiger charge is 2.35. The van der Waals surface area contributed by atoms with Gasteiger partial charge in [0.2, 0.25) is 0 Å². The molecule has 0 bridgehead atoms. The number of hydrogen-bond acceptors (Lipinski definition) is 6. The number of anilines is 1. The lowest BCUT2D eigenvalue weighted by Crippen LogP contribution is -2.31. The third-order valence-corrected chi connectivity index (χ3v) is 6.13. The molecule has 0 aliphatic carbocycles. The zero-order valence-corrected chi connectivity index (χ0v) is 19.6. The van der Waals surface area contributed by atoms with Gasteiger partial charge in [0.1, 0.15) is 0 Å². The molecule has 0 radical (unpaired) electrons. The Kier molecular flexibility index (Phi) is 7.42. The molecule has 9 heteroatoms. The van der Waals surface area contributed by atoms with Crippen molar-refractivity contribution in [3.8, 4) is 0 Å². The largest absolute Gasteiger partial charge is 0.452 e. The van der Waals surface area contributed by atoms with Gasteiger partial charge in [-0.05, 0) is 61.7 Å². The van der Waals surface area contributed by atoms with E-state index >= 15 is 0 Å². The van der Waals surface area contributed by atoms with Crippen LogP contribution in [0.5, 0.6) is 0 Å². The molecule has 1 heterocycles. The number of halogens is 1. The molecule has 0 spiro atoms. The lowest BCUT2D eigenvalue weighted by molar-refractivity contribution is -0.119. The standard InChI is InChI=1S/C23H23BrN2O6/c1-13-14(2)19(8-7-18(13)24)25-20(27)12-32-23(30)15-5-6-16-17(11-15)22(29)26(21(16)28)9-4-10-31-3/h5-8,11H,4,9-10,12H2,1-3H3,(H,25,27). The van der Waals surface area contributed by atoms with Crippen LogP contribution in [-0.4, -0.2) is 55.5 Å². The number of carbonyl (C=O) groups is 4. The maximum atomic E-state index is 12.6. The summed E-state index contributed by atoms with van der Waals surface area (Å²) < 4.78 is 11.0. The third kappa shape index (κ3) is 4.89. The van der Waals surface area contributed by atoms with Crippen molar-refractivity contribution in [3.63, 3.8) is 0 Å². The van der Waals surface area contributed by atoms with Crippen molar-refractivity contribution in [2.75, 3.05) is 32.2 Å². The topological polar surface area (TPSA) is 102 Å². The average molecular weight is 503 g/mol. The second-order valence-corrected chi connectivity index (χ2v) is 8.19. The molecule has 0 unspecified atom stereocenters. The van der Waals surface area contributed by atoms with Gasteiger partial charge in [-0.15, -0.1) is 0 Å². The Morgan fingerprint density at radius 3 is 2.47 bits per heavy atom. The predicted octanol–water partition coefficient (Wildman–Crippen LogP) is 3.49. The molecule has 1 aliphatic rings. The molecule has 8 nitrogen and oxygen atoms in total. The Labute approximate surface area is 194 Å². The molecule has 3 rings (SSSR count). The van der Waals surface area contributed by atoms with E-state index in [1.165, 1.54) is 18.2 Å². The molecule has 1 N–H and O–H groups in total. The van der Waals surface area contributed by atoms with Crippen molar-refractivity contribution in [2.24, 2.45) is 0 Å². The van der Waals surface area contributed by atoms with Crippen molar-refractivity contribution >= 4 is 45.3 Å². The molecule has 0 aromatic heterocycles. The number of amides is 3. The maximum absolute atomic E-state index is 12.6. The molecule has 1 aliphatic heterocycles. The van der Waals surface area contributed by atoms with Crippen molar-refractivity contribution in [3.05, 3.63) is 62.6 Å². The van der Waals surface area contributed by atoms with Gasteiger partial charge in [-0.2, -0.15) is 0 Å². The molecule has 2 aromatic carbocycles. The molecule has 0 saturated carbocycles. The number of benzene rings is 2. The lowest BCUT2D eigenvalue weighted by atomic mass is 10.1. The summed E-state index contributed by atoms with van der Waals surface area (Å²) in [6, 6.07) is 7.75. The maximum Gasteiger partial charge on any atom is 0.338 e. The highest BCUT2D eigenvalue weighted by molar-refractivity contribution is 9.10. The van der Waals surface area contributed by atoms with Crippen LogP contribution in [0.25, 0.3) is 0 Å². The van der Waals surface area contributed by atoms with E-state index in [4.69, 9.17) is 9.47 Å². The Hall–Kier alpha value is -3.04. The van der Waals surface area contributed by atoms with Crippen LogP contribution in [0.3, 0.4) is 0 Å². The minimum absolute atomic E-state index is 0.0899. The number of esters is 1. The molecule has 0 saturated heterocycles. The fraction of sp³-hybridized carbons (Fsp3) is 0.304. The van der Waals surface area contributed by atoms with Gasteiger partial charge in [-0.3, -0.25) is 19.3 Å². The average Bonchev–Trinajstić information content (AvgIpc) is 3.02. The van der Waals surface area contributed by atoms with E-state index in [1.807, 2.05) is 19.9 Å². The molecule has 168 valence electrons. The van der Waals surface area contributed by atoms with Crippen LogP contribution >= 0.6 is 15.9 Å². The van der Waals surface area contributed by atoms with E-state index in [2.05, 4.69) is 21.2 Å². The van der Waals surface area contributed by atoms with E-state index in [-0.39, 0.29) is 23.2 Å². The monoisotopic (exact) mass is 502 g/mol. The van der Waals surface area contributed by atoms with Gasteiger partial charge >= 0.3 is 5.97 Å². The van der Waals surface area contributed by atoms with Crippen LogP contribution in [0.2, 0.25) is 0 Å². The first-order valence-corrected chi connectivity index (χ1v) is 10.8. The number of ether oxygens (including phenoxy) is 2. The number of rotatable bonds is 8. The Morgan fingerprint density at radius 2 is 1.75 bits per heavy atom. The van der Waals surface area contributed by atoms with Crippen molar-refractivity contribution in [1.29, 1.82) is 0 Å². The number of imide groups is 1. The van der Waals surface area contributed by atoms with Gasteiger partial charge in [0.05, 0.1) is 16.7 Å². The van der Waals surface area contributed by atoms with Crippen molar-refractivity contribution in [1.82, 2.24) is 4.90 Å². The molecule has 0 atom stereocenters. The van der Waals surface area contributed by atoms with Crippen LogP contribution in [0.1, 0.15) is 48.6 Å². The number of nitrogens with zero attached hydrogens (tertiary/aromatic N) is 1. The van der Waals surface area contributed by atoms with Crippen LogP contribution in [0.4, 0.5) is 5.69 Å². The number of nitrogens with one attached hydrogen (secondary N) is 1. The number of hydrogen-bond donors (Lipinski definition) is 1. The summed E-state index contributed by atoms with van der Waals surface area (Å²) in [5, 5.41) is 2.72. The van der Waals surface area contributed by atoms with E-state index in [9.17, 15) is 19.2 Å². The zero-order valence-electron chi connectivity index (χ0n) is 18.0. The normalized spacial score (nSPS) is 12.7. The summed E-state index contributed by atoms with van der Waals surface area (Å²) in [5.74, 6) is -2.11. The predicted molar refractivity (Wildman–Crippen MR) is 121 cm³/mol. The number of methoxy groups -OCH3 is 1. The fourth-order valence-corrected chi connectivity index (χ4v) is 3.74. The van der Waals surface area contributed by atoms with Gasteiger partial charge in [-0.1, -0.05) is 15.9 Å². The summed E-state index contributed by atoms with van der Waals surface area (Å²) >= 11 is 3.43. The highest BCUT2D eigenvalue weighted by Crippen LogP contribution is 2.26. The van der Waals surface area contributed by atoms with Gasteiger partial charge in [0.25, 0.3) is 17.7 Å². The molecule has 0 fully saturated rings. The van der Waals surface area contributed by atoms with E-state index in [0.29, 0.717) is 18.7 Å². The quantitative estimate of drug-likeness (QED) is 0.336. The molecular formula is C23H23BrN2O6. The van der Waals surface area contributed by atoms with E-state index < -0.39 is 30.3 Å². The summed E-state index contributed by atoms with van der Waals surface area (Å²) in [5.41, 5.74) is 2.99. The van der Waals surface area contributed by atoms with Crippen LogP contribution in [0.15, 0.2) is 34.8 Å². The molecule has 3 amide bonds. The minimum Gasteiger partial charge on any atom is -0.452 e. The smallest absolute Gasteiger partial charge is 0.338 e. The van der Waals surface area contributed by atoms with Crippen molar-refractivity contribution < 1.29 is 28.7 Å². The van der Waals surface area contributed by atoms with E-state index in [0.717, 1.165) is 20.5 Å². The number of fused-ring (bicyclic) bond motifs is 1. The first-order chi connectivity index (χ1) is 15.2. The van der Waals surface area contributed by atoms with Gasteiger partial charge in [-0.25, -0.2) is 4.79 Å². The van der Waals surface area contributed by atoms with Gasteiger partial charge in [0, 0.05) is 30.4 Å². The SMILES string of the molecule is COCCCN1C(=O)c2ccc(C(=O)OCC(=O)Nc3ccc(Br)c(C)c3C)cc2C1=O.